The van der Waals surface area contributed by atoms with Crippen LogP contribution in [0.25, 0.3) is 0 Å². The van der Waals surface area contributed by atoms with E-state index in [1.807, 2.05) is 49.1 Å². The number of carbonyl (C=O) groups excluding carboxylic acids is 1. The summed E-state index contributed by atoms with van der Waals surface area (Å²) in [7, 11) is -1.87. The van der Waals surface area contributed by atoms with E-state index in [1.54, 1.807) is 11.6 Å². The fraction of sp³-hybridized carbons (Fsp3) is 0.500. The fourth-order valence-corrected chi connectivity index (χ4v) is 5.33. The maximum absolute atomic E-state index is 13.0. The molecule has 0 aliphatic carbocycles. The van der Waals surface area contributed by atoms with E-state index < -0.39 is 10.0 Å². The van der Waals surface area contributed by atoms with E-state index >= 15 is 0 Å². The maximum Gasteiger partial charge on any atom is 0.270 e. The van der Waals surface area contributed by atoms with Crippen molar-refractivity contribution < 1.29 is 17.9 Å². The highest BCUT2D eigenvalue weighted by molar-refractivity contribution is 7.89. The molecule has 0 spiro atoms. The van der Waals surface area contributed by atoms with E-state index in [2.05, 4.69) is 0 Å². The van der Waals surface area contributed by atoms with Gasteiger partial charge in [0.05, 0.1) is 6.61 Å². The molecule has 164 valence electrons. The largest absolute Gasteiger partial charge is 0.493 e. The Morgan fingerprint density at radius 3 is 2.37 bits per heavy atom. The van der Waals surface area contributed by atoms with Crippen LogP contribution in [0.2, 0.25) is 0 Å². The first-order valence-electron chi connectivity index (χ1n) is 10.5. The van der Waals surface area contributed by atoms with Crippen LogP contribution in [-0.4, -0.2) is 60.9 Å². The summed E-state index contributed by atoms with van der Waals surface area (Å²) in [4.78, 5) is 15.0. The van der Waals surface area contributed by atoms with E-state index in [9.17, 15) is 13.2 Å². The van der Waals surface area contributed by atoms with Crippen LogP contribution in [0.4, 0.5) is 0 Å². The Kier molecular flexibility index (Phi) is 7.20. The van der Waals surface area contributed by atoms with Gasteiger partial charge in [-0.25, -0.2) is 8.42 Å². The number of likely N-dealkylation sites (tertiary alicyclic amines) is 1. The minimum absolute atomic E-state index is 0.124. The zero-order valence-electron chi connectivity index (χ0n) is 18.0. The minimum Gasteiger partial charge on any atom is -0.493 e. The molecular weight excluding hydrogens is 402 g/mol. The van der Waals surface area contributed by atoms with Gasteiger partial charge in [-0.3, -0.25) is 4.79 Å². The molecule has 1 aliphatic heterocycles. The van der Waals surface area contributed by atoms with Crippen LogP contribution >= 0.6 is 0 Å². The Bertz CT molecular complexity index is 944. The predicted octanol–water partition coefficient (Wildman–Crippen LogP) is 2.99. The number of carbonyl (C=O) groups is 1. The van der Waals surface area contributed by atoms with Crippen molar-refractivity contribution in [3.8, 4) is 5.75 Å². The van der Waals surface area contributed by atoms with Crippen molar-refractivity contribution in [2.75, 3.05) is 32.8 Å². The lowest BCUT2D eigenvalue weighted by Crippen LogP contribution is -2.40. The van der Waals surface area contributed by atoms with E-state index in [-0.39, 0.29) is 10.8 Å². The molecule has 30 heavy (non-hydrogen) atoms. The molecule has 1 saturated heterocycles. The number of amides is 1. The van der Waals surface area contributed by atoms with Crippen LogP contribution in [0.15, 0.2) is 47.5 Å². The molecule has 1 aliphatic rings. The molecular formula is C22H31N3O4S. The summed E-state index contributed by atoms with van der Waals surface area (Å²) in [6.45, 7) is 6.34. The van der Waals surface area contributed by atoms with Crippen LogP contribution in [0.5, 0.6) is 5.75 Å². The summed E-state index contributed by atoms with van der Waals surface area (Å²) in [5, 5.41) is 0. The molecule has 0 bridgehead atoms. The molecule has 0 unspecified atom stereocenters. The summed E-state index contributed by atoms with van der Waals surface area (Å²) in [5.74, 6) is 1.14. The highest BCUT2D eigenvalue weighted by Gasteiger charge is 2.29. The first-order chi connectivity index (χ1) is 14.4. The second-order valence-corrected chi connectivity index (χ2v) is 9.56. The molecule has 0 radical (unpaired) electrons. The number of aromatic nitrogens is 1. The summed E-state index contributed by atoms with van der Waals surface area (Å²) < 4.78 is 34.4. The maximum atomic E-state index is 13.0. The lowest BCUT2D eigenvalue weighted by molar-refractivity contribution is 0.0651. The lowest BCUT2D eigenvalue weighted by atomic mass is 9.97. The van der Waals surface area contributed by atoms with Crippen molar-refractivity contribution in [3.63, 3.8) is 0 Å². The standard InChI is InChI=1S/C22H31N3O4S/c1-4-25(5-2)30(27,28)20-15-21(23(3)16-20)22(26)24-13-11-18(12-14-24)17-29-19-9-7-6-8-10-19/h6-10,15-16,18H,4-5,11-14,17H2,1-3H3. The van der Waals surface area contributed by atoms with Crippen molar-refractivity contribution >= 4 is 15.9 Å². The van der Waals surface area contributed by atoms with Crippen molar-refractivity contribution in [2.24, 2.45) is 13.0 Å². The van der Waals surface area contributed by atoms with Crippen LogP contribution < -0.4 is 4.74 Å². The van der Waals surface area contributed by atoms with E-state index in [0.29, 0.717) is 44.4 Å². The highest BCUT2D eigenvalue weighted by atomic mass is 32.2. The van der Waals surface area contributed by atoms with E-state index in [0.717, 1.165) is 18.6 Å². The molecule has 1 aromatic heterocycles. The molecule has 2 aromatic rings. The number of nitrogens with zero attached hydrogens (tertiary/aromatic N) is 3. The third kappa shape index (κ3) is 4.87. The van der Waals surface area contributed by atoms with Crippen LogP contribution in [0, 0.1) is 5.92 Å². The van der Waals surface area contributed by atoms with Crippen molar-refractivity contribution in [3.05, 3.63) is 48.3 Å². The summed E-state index contributed by atoms with van der Waals surface area (Å²) in [6, 6.07) is 11.2. The van der Waals surface area contributed by atoms with Gasteiger partial charge in [0, 0.05) is 39.4 Å². The summed E-state index contributed by atoms with van der Waals surface area (Å²) in [5.41, 5.74) is 0.403. The zero-order valence-corrected chi connectivity index (χ0v) is 18.8. The third-order valence-electron chi connectivity index (χ3n) is 5.67. The predicted molar refractivity (Wildman–Crippen MR) is 116 cm³/mol. The number of hydrogen-bond acceptors (Lipinski definition) is 4. The number of ether oxygens (including phenoxy) is 1. The van der Waals surface area contributed by atoms with Gasteiger partial charge in [0.1, 0.15) is 16.3 Å². The van der Waals surface area contributed by atoms with Crippen LogP contribution in [-0.2, 0) is 17.1 Å². The topological polar surface area (TPSA) is 71.8 Å². The number of para-hydroxylation sites is 1. The minimum atomic E-state index is -3.58. The van der Waals surface area contributed by atoms with Gasteiger partial charge in [-0.2, -0.15) is 4.31 Å². The number of rotatable bonds is 8. The van der Waals surface area contributed by atoms with Gasteiger partial charge < -0.3 is 14.2 Å². The Balaban J connectivity index is 1.61. The Morgan fingerprint density at radius 2 is 1.77 bits per heavy atom. The van der Waals surface area contributed by atoms with Gasteiger partial charge in [-0.1, -0.05) is 32.0 Å². The monoisotopic (exact) mass is 433 g/mol. The molecule has 1 amide bonds. The Hall–Kier alpha value is -2.32. The quantitative estimate of drug-likeness (QED) is 0.642. The van der Waals surface area contributed by atoms with Crippen LogP contribution in [0.3, 0.4) is 0 Å². The van der Waals surface area contributed by atoms with Gasteiger partial charge in [-0.05, 0) is 37.0 Å². The Labute approximate surface area is 179 Å². The first-order valence-corrected chi connectivity index (χ1v) is 11.9. The second kappa shape index (κ2) is 9.66. The third-order valence-corrected chi connectivity index (χ3v) is 7.69. The second-order valence-electron chi connectivity index (χ2n) is 7.62. The van der Waals surface area contributed by atoms with Gasteiger partial charge in [0.15, 0.2) is 0 Å². The lowest BCUT2D eigenvalue weighted by Gasteiger charge is -2.32. The molecule has 8 heteroatoms. The molecule has 2 heterocycles. The number of hydrogen-bond donors (Lipinski definition) is 0. The SMILES string of the molecule is CCN(CC)S(=O)(=O)c1cc(C(=O)N2CCC(COc3ccccc3)CC2)n(C)c1. The van der Waals surface area contributed by atoms with Crippen LogP contribution in [0.1, 0.15) is 37.2 Å². The molecule has 1 aromatic carbocycles. The van der Waals surface area contributed by atoms with Gasteiger partial charge in [-0.15, -0.1) is 0 Å². The average molecular weight is 434 g/mol. The van der Waals surface area contributed by atoms with E-state index in [1.165, 1.54) is 16.6 Å². The molecule has 0 N–H and O–H groups in total. The highest BCUT2D eigenvalue weighted by Crippen LogP contribution is 2.23. The van der Waals surface area contributed by atoms with Gasteiger partial charge >= 0.3 is 0 Å². The molecule has 0 atom stereocenters. The first kappa shape index (κ1) is 22.4. The smallest absolute Gasteiger partial charge is 0.270 e. The average Bonchev–Trinajstić information content (AvgIpc) is 3.16. The van der Waals surface area contributed by atoms with Gasteiger partial charge in [0.2, 0.25) is 10.0 Å². The fourth-order valence-electron chi connectivity index (χ4n) is 3.80. The van der Waals surface area contributed by atoms with Crippen molar-refractivity contribution in [1.29, 1.82) is 0 Å². The Morgan fingerprint density at radius 1 is 1.13 bits per heavy atom. The zero-order chi connectivity index (χ0) is 21.7. The number of aryl methyl sites for hydroxylation is 1. The normalized spacial score (nSPS) is 15.5. The summed E-state index contributed by atoms with van der Waals surface area (Å²) in [6.07, 6.45) is 3.27. The van der Waals surface area contributed by atoms with Gasteiger partial charge in [0.25, 0.3) is 5.91 Å². The molecule has 3 rings (SSSR count). The number of sulfonamides is 1. The number of piperidine rings is 1. The van der Waals surface area contributed by atoms with Crippen molar-refractivity contribution in [2.45, 2.75) is 31.6 Å². The number of benzene rings is 1. The molecule has 0 saturated carbocycles. The summed E-state index contributed by atoms with van der Waals surface area (Å²) >= 11 is 0. The van der Waals surface area contributed by atoms with E-state index in [4.69, 9.17) is 4.74 Å². The molecule has 7 nitrogen and oxygen atoms in total. The molecule has 1 fully saturated rings. The van der Waals surface area contributed by atoms with Crippen molar-refractivity contribution in [1.82, 2.24) is 13.8 Å².